The van der Waals surface area contributed by atoms with Crippen molar-refractivity contribution >= 4 is 21.6 Å². The molecular weight excluding hydrogens is 424 g/mol. The van der Waals surface area contributed by atoms with Gasteiger partial charge in [-0.2, -0.15) is 0 Å². The zero-order valence-electron chi connectivity index (χ0n) is 17.7. The molecule has 3 aromatic carbocycles. The molecule has 0 bridgehead atoms. The number of ether oxygens (including phenoxy) is 1. The number of nitrogens with one attached hydrogen (secondary N) is 2. The summed E-state index contributed by atoms with van der Waals surface area (Å²) in [5.41, 5.74) is 1.48. The number of sulfonamides is 1. The molecule has 0 saturated carbocycles. The van der Waals surface area contributed by atoms with E-state index in [0.717, 1.165) is 12.8 Å². The summed E-state index contributed by atoms with van der Waals surface area (Å²) in [6, 6.07) is 24.9. The van der Waals surface area contributed by atoms with Crippen LogP contribution in [0.4, 0.5) is 5.69 Å². The van der Waals surface area contributed by atoms with E-state index in [0.29, 0.717) is 19.8 Å². The van der Waals surface area contributed by atoms with Gasteiger partial charge in [0.2, 0.25) is 0 Å². The van der Waals surface area contributed by atoms with E-state index < -0.39 is 10.0 Å². The maximum absolute atomic E-state index is 13.1. The van der Waals surface area contributed by atoms with Crippen LogP contribution in [0.1, 0.15) is 28.8 Å². The summed E-state index contributed by atoms with van der Waals surface area (Å²) in [5.74, 6) is -0.321. The molecule has 1 aliphatic heterocycles. The van der Waals surface area contributed by atoms with Gasteiger partial charge >= 0.3 is 0 Å². The second-order valence-electron chi connectivity index (χ2n) is 7.91. The first-order valence-corrected chi connectivity index (χ1v) is 12.1. The maximum Gasteiger partial charge on any atom is 0.261 e. The lowest BCUT2D eigenvalue weighted by Gasteiger charge is -2.38. The van der Waals surface area contributed by atoms with Gasteiger partial charge in [-0.25, -0.2) is 8.42 Å². The van der Waals surface area contributed by atoms with Crippen molar-refractivity contribution < 1.29 is 17.9 Å². The maximum atomic E-state index is 13.1. The van der Waals surface area contributed by atoms with E-state index in [1.54, 1.807) is 42.5 Å². The molecule has 0 spiro atoms. The van der Waals surface area contributed by atoms with Crippen LogP contribution in [0.15, 0.2) is 89.8 Å². The highest BCUT2D eigenvalue weighted by Crippen LogP contribution is 2.34. The lowest BCUT2D eigenvalue weighted by molar-refractivity contribution is 0.0487. The zero-order chi connectivity index (χ0) is 22.4. The molecule has 7 heteroatoms. The Bertz CT molecular complexity index is 1160. The average molecular weight is 451 g/mol. The van der Waals surface area contributed by atoms with Crippen molar-refractivity contribution in [1.29, 1.82) is 0 Å². The smallest absolute Gasteiger partial charge is 0.261 e. The largest absolute Gasteiger partial charge is 0.381 e. The van der Waals surface area contributed by atoms with Gasteiger partial charge in [0, 0.05) is 25.2 Å². The molecule has 1 heterocycles. The highest BCUT2D eigenvalue weighted by Gasteiger charge is 2.35. The highest BCUT2D eigenvalue weighted by atomic mass is 32.2. The Morgan fingerprint density at radius 2 is 1.44 bits per heavy atom. The Labute approximate surface area is 188 Å². The van der Waals surface area contributed by atoms with Crippen molar-refractivity contribution in [2.75, 3.05) is 24.5 Å². The fraction of sp³-hybridized carbons (Fsp3) is 0.240. The molecule has 0 unspecified atom stereocenters. The predicted molar refractivity (Wildman–Crippen MR) is 124 cm³/mol. The molecule has 1 amide bonds. The number of anilines is 1. The number of hydrogen-bond donors (Lipinski definition) is 2. The SMILES string of the molecule is O=C(NCC1(c2ccccc2)CCOCC1)c1ccccc1NS(=O)(=O)c1ccccc1. The molecule has 0 aliphatic carbocycles. The fourth-order valence-corrected chi connectivity index (χ4v) is 5.14. The third kappa shape index (κ3) is 4.84. The molecular formula is C25H26N2O4S. The number of hydrogen-bond acceptors (Lipinski definition) is 4. The molecule has 32 heavy (non-hydrogen) atoms. The summed E-state index contributed by atoms with van der Waals surface area (Å²) in [7, 11) is -3.81. The minimum atomic E-state index is -3.81. The number of benzene rings is 3. The third-order valence-electron chi connectivity index (χ3n) is 5.89. The van der Waals surface area contributed by atoms with E-state index >= 15 is 0 Å². The van der Waals surface area contributed by atoms with Gasteiger partial charge in [-0.1, -0.05) is 60.7 Å². The lowest BCUT2D eigenvalue weighted by atomic mass is 9.74. The Morgan fingerprint density at radius 1 is 0.844 bits per heavy atom. The van der Waals surface area contributed by atoms with E-state index in [4.69, 9.17) is 4.74 Å². The van der Waals surface area contributed by atoms with Crippen LogP contribution in [0.3, 0.4) is 0 Å². The van der Waals surface area contributed by atoms with Gasteiger partial charge in [-0.15, -0.1) is 0 Å². The molecule has 0 atom stereocenters. The van der Waals surface area contributed by atoms with Crippen LogP contribution in [0, 0.1) is 0 Å². The number of rotatable bonds is 7. The average Bonchev–Trinajstić information content (AvgIpc) is 2.84. The summed E-state index contributed by atoms with van der Waals surface area (Å²) >= 11 is 0. The summed E-state index contributed by atoms with van der Waals surface area (Å²) in [4.78, 5) is 13.3. The summed E-state index contributed by atoms with van der Waals surface area (Å²) in [6.07, 6.45) is 1.61. The summed E-state index contributed by atoms with van der Waals surface area (Å²) < 4.78 is 33.6. The second kappa shape index (κ2) is 9.54. The van der Waals surface area contributed by atoms with Gasteiger partial charge in [0.25, 0.3) is 15.9 Å². The molecule has 6 nitrogen and oxygen atoms in total. The Balaban J connectivity index is 1.54. The highest BCUT2D eigenvalue weighted by molar-refractivity contribution is 7.92. The topological polar surface area (TPSA) is 84.5 Å². The van der Waals surface area contributed by atoms with Crippen LogP contribution < -0.4 is 10.0 Å². The second-order valence-corrected chi connectivity index (χ2v) is 9.59. The van der Waals surface area contributed by atoms with Crippen LogP contribution in [-0.4, -0.2) is 34.1 Å². The number of para-hydroxylation sites is 1. The monoisotopic (exact) mass is 450 g/mol. The van der Waals surface area contributed by atoms with E-state index in [1.807, 2.05) is 18.2 Å². The third-order valence-corrected chi connectivity index (χ3v) is 7.27. The van der Waals surface area contributed by atoms with Crippen LogP contribution in [0.2, 0.25) is 0 Å². The van der Waals surface area contributed by atoms with Crippen LogP contribution in [0.25, 0.3) is 0 Å². The normalized spacial score (nSPS) is 15.6. The van der Waals surface area contributed by atoms with Crippen molar-refractivity contribution in [1.82, 2.24) is 5.32 Å². The molecule has 3 aromatic rings. The lowest BCUT2D eigenvalue weighted by Crippen LogP contribution is -2.44. The van der Waals surface area contributed by atoms with Gasteiger partial charge in [0.1, 0.15) is 0 Å². The van der Waals surface area contributed by atoms with Gasteiger partial charge in [-0.05, 0) is 42.7 Å². The van der Waals surface area contributed by atoms with Crippen LogP contribution in [-0.2, 0) is 20.2 Å². The van der Waals surface area contributed by atoms with Crippen molar-refractivity contribution in [2.45, 2.75) is 23.2 Å². The Kier molecular flexibility index (Phi) is 6.58. The zero-order valence-corrected chi connectivity index (χ0v) is 18.5. The van der Waals surface area contributed by atoms with E-state index in [-0.39, 0.29) is 27.5 Å². The first kappa shape index (κ1) is 22.0. The quantitative estimate of drug-likeness (QED) is 0.571. The Morgan fingerprint density at radius 3 is 2.12 bits per heavy atom. The molecule has 1 fully saturated rings. The van der Waals surface area contributed by atoms with Gasteiger partial charge in [0.15, 0.2) is 0 Å². The molecule has 0 aromatic heterocycles. The number of amides is 1. The molecule has 1 aliphatic rings. The van der Waals surface area contributed by atoms with E-state index in [9.17, 15) is 13.2 Å². The molecule has 166 valence electrons. The van der Waals surface area contributed by atoms with Crippen LogP contribution in [0.5, 0.6) is 0 Å². The van der Waals surface area contributed by atoms with E-state index in [2.05, 4.69) is 22.2 Å². The van der Waals surface area contributed by atoms with Gasteiger partial charge < -0.3 is 10.1 Å². The van der Waals surface area contributed by atoms with Crippen molar-refractivity contribution in [3.63, 3.8) is 0 Å². The standard InChI is InChI=1S/C25H26N2O4S/c28-24(26-19-25(15-17-31-18-16-25)20-9-3-1-4-10-20)22-13-7-8-14-23(22)27-32(29,30)21-11-5-2-6-12-21/h1-14,27H,15-19H2,(H,26,28). The van der Waals surface area contributed by atoms with Crippen molar-refractivity contribution in [3.05, 3.63) is 96.1 Å². The minimum Gasteiger partial charge on any atom is -0.381 e. The van der Waals surface area contributed by atoms with Crippen molar-refractivity contribution in [3.8, 4) is 0 Å². The van der Waals surface area contributed by atoms with Crippen molar-refractivity contribution in [2.24, 2.45) is 0 Å². The first-order chi connectivity index (χ1) is 15.5. The molecule has 1 saturated heterocycles. The van der Waals surface area contributed by atoms with E-state index in [1.165, 1.54) is 17.7 Å². The first-order valence-electron chi connectivity index (χ1n) is 10.6. The number of carbonyl (C=O) groups excluding carboxylic acids is 1. The predicted octanol–water partition coefficient (Wildman–Crippen LogP) is 3.97. The fourth-order valence-electron chi connectivity index (χ4n) is 4.04. The van der Waals surface area contributed by atoms with Gasteiger partial charge in [0.05, 0.1) is 16.1 Å². The molecule has 0 radical (unpaired) electrons. The summed E-state index contributed by atoms with van der Waals surface area (Å²) in [5, 5.41) is 3.04. The number of carbonyl (C=O) groups is 1. The molecule has 2 N–H and O–H groups in total. The minimum absolute atomic E-state index is 0.139. The van der Waals surface area contributed by atoms with Gasteiger partial charge in [-0.3, -0.25) is 9.52 Å². The Hall–Kier alpha value is -3.16. The summed E-state index contributed by atoms with van der Waals surface area (Å²) in [6.45, 7) is 1.72. The van der Waals surface area contributed by atoms with Crippen LogP contribution >= 0.6 is 0 Å². The molecule has 4 rings (SSSR count).